The van der Waals surface area contributed by atoms with E-state index in [-0.39, 0.29) is 5.84 Å². The predicted octanol–water partition coefficient (Wildman–Crippen LogP) is 3.39. The van der Waals surface area contributed by atoms with E-state index in [2.05, 4.69) is 11.9 Å². The summed E-state index contributed by atoms with van der Waals surface area (Å²) < 4.78 is 0. The summed E-state index contributed by atoms with van der Waals surface area (Å²) in [6.07, 6.45) is 6.32. The zero-order valence-electron chi connectivity index (χ0n) is 10.7. The van der Waals surface area contributed by atoms with Crippen molar-refractivity contribution in [3.05, 3.63) is 28.8 Å². The Morgan fingerprint density at radius 3 is 2.61 bits per heavy atom. The van der Waals surface area contributed by atoms with E-state index in [1.807, 2.05) is 12.1 Å². The van der Waals surface area contributed by atoms with Crippen molar-refractivity contribution in [3.63, 3.8) is 0 Å². The van der Waals surface area contributed by atoms with Crippen LogP contribution in [0.15, 0.2) is 18.2 Å². The Bertz CT molecular complexity index is 439. The molecule has 3 nitrogen and oxygen atoms in total. The standard InChI is InChI=1S/C14H20ClN3/c1-18(10-6-3-2-4-7-10)12-9-5-8-11(15)13(12)14(16)17/h5,8-10H,2-4,6-7H2,1H3,(H3,16,17). The lowest BCUT2D eigenvalue weighted by atomic mass is 9.93. The number of nitrogens with one attached hydrogen (secondary N) is 1. The highest BCUT2D eigenvalue weighted by molar-refractivity contribution is 6.34. The van der Waals surface area contributed by atoms with Crippen molar-refractivity contribution >= 4 is 23.1 Å². The molecule has 98 valence electrons. The largest absolute Gasteiger partial charge is 0.384 e. The van der Waals surface area contributed by atoms with Crippen LogP contribution in [0.2, 0.25) is 5.02 Å². The SMILES string of the molecule is CN(c1cccc(Cl)c1C(=N)N)C1CCCCC1. The van der Waals surface area contributed by atoms with Crippen LogP contribution < -0.4 is 10.6 Å². The number of nitrogens with two attached hydrogens (primary N) is 1. The quantitative estimate of drug-likeness (QED) is 0.650. The van der Waals surface area contributed by atoms with Gasteiger partial charge in [0.05, 0.1) is 10.6 Å². The molecule has 0 unspecified atom stereocenters. The van der Waals surface area contributed by atoms with Crippen LogP contribution in [0.4, 0.5) is 5.69 Å². The van der Waals surface area contributed by atoms with Gasteiger partial charge in [0.2, 0.25) is 0 Å². The average molecular weight is 266 g/mol. The summed E-state index contributed by atoms with van der Waals surface area (Å²) in [6, 6.07) is 6.24. The summed E-state index contributed by atoms with van der Waals surface area (Å²) in [6.45, 7) is 0. The van der Waals surface area contributed by atoms with E-state index in [0.717, 1.165) is 5.69 Å². The minimum atomic E-state index is 0.0401. The zero-order valence-corrected chi connectivity index (χ0v) is 11.5. The van der Waals surface area contributed by atoms with Gasteiger partial charge in [-0.05, 0) is 25.0 Å². The second kappa shape index (κ2) is 5.61. The molecule has 0 aliphatic heterocycles. The van der Waals surface area contributed by atoms with Crippen molar-refractivity contribution in [2.24, 2.45) is 5.73 Å². The first-order valence-corrected chi connectivity index (χ1v) is 6.85. The Hall–Kier alpha value is -1.22. The van der Waals surface area contributed by atoms with Crippen LogP contribution in [0.1, 0.15) is 37.7 Å². The van der Waals surface area contributed by atoms with Crippen molar-refractivity contribution in [2.45, 2.75) is 38.1 Å². The molecule has 0 bridgehead atoms. The van der Waals surface area contributed by atoms with Gasteiger partial charge in [-0.2, -0.15) is 0 Å². The number of halogens is 1. The first-order valence-electron chi connectivity index (χ1n) is 6.47. The van der Waals surface area contributed by atoms with Gasteiger partial charge in [0.15, 0.2) is 0 Å². The third-order valence-electron chi connectivity index (χ3n) is 3.76. The monoisotopic (exact) mass is 265 g/mol. The number of nitrogens with zero attached hydrogens (tertiary/aromatic N) is 1. The van der Waals surface area contributed by atoms with Gasteiger partial charge in [-0.15, -0.1) is 0 Å². The van der Waals surface area contributed by atoms with E-state index >= 15 is 0 Å². The summed E-state index contributed by atoms with van der Waals surface area (Å²) in [4.78, 5) is 2.24. The third kappa shape index (κ3) is 2.61. The predicted molar refractivity (Wildman–Crippen MR) is 77.7 cm³/mol. The number of rotatable bonds is 3. The lowest BCUT2D eigenvalue weighted by Gasteiger charge is -2.34. The van der Waals surface area contributed by atoms with E-state index < -0.39 is 0 Å². The third-order valence-corrected chi connectivity index (χ3v) is 4.08. The van der Waals surface area contributed by atoms with E-state index in [1.54, 1.807) is 6.07 Å². The van der Waals surface area contributed by atoms with E-state index in [4.69, 9.17) is 22.7 Å². The molecule has 0 amide bonds. The first-order chi connectivity index (χ1) is 8.61. The maximum Gasteiger partial charge on any atom is 0.126 e. The zero-order chi connectivity index (χ0) is 13.1. The van der Waals surface area contributed by atoms with Crippen molar-refractivity contribution < 1.29 is 0 Å². The van der Waals surface area contributed by atoms with Crippen molar-refractivity contribution in [2.75, 3.05) is 11.9 Å². The van der Waals surface area contributed by atoms with Crippen LogP contribution in [-0.4, -0.2) is 18.9 Å². The lowest BCUT2D eigenvalue weighted by molar-refractivity contribution is 0.427. The Morgan fingerprint density at radius 2 is 2.00 bits per heavy atom. The molecule has 1 fully saturated rings. The van der Waals surface area contributed by atoms with Crippen LogP contribution in [-0.2, 0) is 0 Å². The molecular weight excluding hydrogens is 246 g/mol. The molecule has 1 saturated carbocycles. The van der Waals surface area contributed by atoms with Crippen molar-refractivity contribution in [1.82, 2.24) is 0 Å². The average Bonchev–Trinajstić information content (AvgIpc) is 2.38. The molecular formula is C14H20ClN3. The van der Waals surface area contributed by atoms with Gasteiger partial charge < -0.3 is 10.6 Å². The molecule has 1 aromatic rings. The number of hydrogen-bond donors (Lipinski definition) is 2. The van der Waals surface area contributed by atoms with Gasteiger partial charge in [-0.1, -0.05) is 36.9 Å². The number of benzene rings is 1. The maximum atomic E-state index is 7.69. The maximum absolute atomic E-state index is 7.69. The molecule has 0 saturated heterocycles. The highest BCUT2D eigenvalue weighted by Crippen LogP contribution is 2.31. The van der Waals surface area contributed by atoms with Crippen molar-refractivity contribution in [3.8, 4) is 0 Å². The summed E-state index contributed by atoms with van der Waals surface area (Å²) >= 11 is 6.16. The number of nitrogen functional groups attached to an aromatic ring is 1. The molecule has 0 radical (unpaired) electrons. The molecule has 0 heterocycles. The summed E-state index contributed by atoms with van der Waals surface area (Å²) in [7, 11) is 2.08. The molecule has 2 rings (SSSR count). The smallest absolute Gasteiger partial charge is 0.126 e. The van der Waals surface area contributed by atoms with Gasteiger partial charge >= 0.3 is 0 Å². The Morgan fingerprint density at radius 1 is 1.33 bits per heavy atom. The number of amidine groups is 1. The fraction of sp³-hybridized carbons (Fsp3) is 0.500. The second-order valence-corrected chi connectivity index (χ2v) is 5.36. The van der Waals surface area contributed by atoms with E-state index in [9.17, 15) is 0 Å². The molecule has 3 N–H and O–H groups in total. The van der Waals surface area contributed by atoms with Crippen LogP contribution in [0.25, 0.3) is 0 Å². The minimum Gasteiger partial charge on any atom is -0.384 e. The van der Waals surface area contributed by atoms with Crippen LogP contribution in [0.5, 0.6) is 0 Å². The molecule has 4 heteroatoms. The van der Waals surface area contributed by atoms with Crippen LogP contribution in [0, 0.1) is 5.41 Å². The van der Waals surface area contributed by atoms with Crippen LogP contribution >= 0.6 is 11.6 Å². The highest BCUT2D eigenvalue weighted by Gasteiger charge is 2.21. The molecule has 0 spiro atoms. The second-order valence-electron chi connectivity index (χ2n) is 4.95. The van der Waals surface area contributed by atoms with Gasteiger partial charge in [0, 0.05) is 18.8 Å². The Labute approximate surface area is 113 Å². The number of hydrogen-bond acceptors (Lipinski definition) is 2. The number of anilines is 1. The van der Waals surface area contributed by atoms with Gasteiger partial charge in [-0.3, -0.25) is 5.41 Å². The Balaban J connectivity index is 2.31. The molecule has 1 aliphatic rings. The molecule has 1 aromatic carbocycles. The van der Waals surface area contributed by atoms with E-state index in [1.165, 1.54) is 32.1 Å². The fourth-order valence-electron chi connectivity index (χ4n) is 2.74. The summed E-state index contributed by atoms with van der Waals surface area (Å²) in [5, 5.41) is 8.25. The highest BCUT2D eigenvalue weighted by atomic mass is 35.5. The first kappa shape index (κ1) is 13.2. The van der Waals surface area contributed by atoms with Crippen molar-refractivity contribution in [1.29, 1.82) is 5.41 Å². The minimum absolute atomic E-state index is 0.0401. The summed E-state index contributed by atoms with van der Waals surface area (Å²) in [5.74, 6) is 0.0401. The Kier molecular flexibility index (Phi) is 4.12. The van der Waals surface area contributed by atoms with Gasteiger partial charge in [-0.25, -0.2) is 0 Å². The summed E-state index contributed by atoms with van der Waals surface area (Å²) in [5.41, 5.74) is 7.29. The molecule has 0 aromatic heterocycles. The topological polar surface area (TPSA) is 53.1 Å². The molecule has 18 heavy (non-hydrogen) atoms. The fourth-order valence-corrected chi connectivity index (χ4v) is 3.01. The molecule has 0 atom stereocenters. The van der Waals surface area contributed by atoms with E-state index in [0.29, 0.717) is 16.6 Å². The lowest BCUT2D eigenvalue weighted by Crippen LogP contribution is -2.34. The van der Waals surface area contributed by atoms with Gasteiger partial charge in [0.25, 0.3) is 0 Å². The van der Waals surface area contributed by atoms with Gasteiger partial charge in [0.1, 0.15) is 5.84 Å². The van der Waals surface area contributed by atoms with Crippen LogP contribution in [0.3, 0.4) is 0 Å². The molecule has 1 aliphatic carbocycles. The normalized spacial score (nSPS) is 16.6.